The molecule has 1 saturated heterocycles. The molecule has 9 heteroatoms. The maximum Gasteiger partial charge on any atom is 0.379 e. The minimum absolute atomic E-state index is 0.0600. The highest BCUT2D eigenvalue weighted by atomic mass is 32.2. The summed E-state index contributed by atoms with van der Waals surface area (Å²) in [5.74, 6) is -1.59. The highest BCUT2D eigenvalue weighted by molar-refractivity contribution is 8.18. The molecule has 2 heterocycles. The van der Waals surface area contributed by atoms with Crippen LogP contribution in [0.2, 0.25) is 0 Å². The van der Waals surface area contributed by atoms with Crippen LogP contribution in [0.1, 0.15) is 30.0 Å². The number of rotatable bonds is 6. The monoisotopic (exact) mass is 415 g/mol. The van der Waals surface area contributed by atoms with Gasteiger partial charge in [-0.15, -0.1) is 0 Å². The highest BCUT2D eigenvalue weighted by Crippen LogP contribution is 2.32. The average molecular weight is 415 g/mol. The van der Waals surface area contributed by atoms with E-state index in [0.717, 1.165) is 16.7 Å². The Balaban J connectivity index is 1.71. The van der Waals surface area contributed by atoms with Gasteiger partial charge in [0.1, 0.15) is 12.3 Å². The summed E-state index contributed by atoms with van der Waals surface area (Å²) in [5, 5.41) is -0.553. The Morgan fingerprint density at radius 1 is 1.21 bits per heavy atom. The molecule has 0 aliphatic carbocycles. The molecular formula is C20H17NO7S. The Morgan fingerprint density at radius 2 is 2.00 bits per heavy atom. The lowest BCUT2D eigenvalue weighted by Crippen LogP contribution is -2.35. The molecule has 1 aliphatic rings. The van der Waals surface area contributed by atoms with E-state index in [0.29, 0.717) is 5.56 Å². The van der Waals surface area contributed by atoms with Gasteiger partial charge in [-0.2, -0.15) is 0 Å². The first-order valence-electron chi connectivity index (χ1n) is 8.64. The van der Waals surface area contributed by atoms with Gasteiger partial charge in [-0.1, -0.05) is 12.1 Å². The number of ether oxygens (including phenoxy) is 2. The SMILES string of the molecule is CC(C)OC(=O)CN1C(=O)S/C(=C\c2cccc(OC(=O)c3ccco3)c2)C1=O. The second kappa shape index (κ2) is 8.78. The summed E-state index contributed by atoms with van der Waals surface area (Å²) >= 11 is 0.723. The van der Waals surface area contributed by atoms with E-state index in [4.69, 9.17) is 13.9 Å². The van der Waals surface area contributed by atoms with Crippen LogP contribution in [0.4, 0.5) is 4.79 Å². The van der Waals surface area contributed by atoms with E-state index < -0.39 is 29.6 Å². The molecule has 0 bridgehead atoms. The molecule has 1 aromatic heterocycles. The number of furan rings is 1. The number of carbonyl (C=O) groups excluding carboxylic acids is 4. The van der Waals surface area contributed by atoms with E-state index in [1.165, 1.54) is 18.4 Å². The zero-order valence-corrected chi connectivity index (χ0v) is 16.4. The molecular weight excluding hydrogens is 398 g/mol. The number of carbonyl (C=O) groups is 4. The van der Waals surface area contributed by atoms with Crippen molar-refractivity contribution in [3.8, 4) is 5.75 Å². The van der Waals surface area contributed by atoms with Crippen LogP contribution in [0.5, 0.6) is 5.75 Å². The Labute approximate surface area is 170 Å². The summed E-state index contributed by atoms with van der Waals surface area (Å²) in [5.41, 5.74) is 0.546. The van der Waals surface area contributed by atoms with Crippen molar-refractivity contribution in [2.75, 3.05) is 6.54 Å². The van der Waals surface area contributed by atoms with Gasteiger partial charge < -0.3 is 13.9 Å². The fourth-order valence-electron chi connectivity index (χ4n) is 2.44. The molecule has 3 rings (SSSR count). The van der Waals surface area contributed by atoms with E-state index >= 15 is 0 Å². The van der Waals surface area contributed by atoms with Crippen LogP contribution in [0, 0.1) is 0 Å². The Kier molecular flexibility index (Phi) is 6.18. The van der Waals surface area contributed by atoms with E-state index in [1.54, 1.807) is 44.2 Å². The largest absolute Gasteiger partial charge is 0.462 e. The second-order valence-electron chi connectivity index (χ2n) is 6.25. The molecule has 8 nitrogen and oxygen atoms in total. The van der Waals surface area contributed by atoms with Gasteiger partial charge in [0.25, 0.3) is 11.1 Å². The smallest absolute Gasteiger partial charge is 0.379 e. The molecule has 1 fully saturated rings. The van der Waals surface area contributed by atoms with Crippen molar-refractivity contribution in [1.29, 1.82) is 0 Å². The minimum atomic E-state index is -0.657. The molecule has 0 saturated carbocycles. The number of imide groups is 1. The first-order chi connectivity index (χ1) is 13.8. The lowest BCUT2D eigenvalue weighted by Gasteiger charge is -2.13. The number of hydrogen-bond acceptors (Lipinski definition) is 8. The molecule has 29 heavy (non-hydrogen) atoms. The molecule has 0 atom stereocenters. The van der Waals surface area contributed by atoms with Gasteiger partial charge in [0.2, 0.25) is 5.76 Å². The quantitative estimate of drug-likeness (QED) is 0.401. The van der Waals surface area contributed by atoms with E-state index in [2.05, 4.69) is 0 Å². The van der Waals surface area contributed by atoms with Gasteiger partial charge in [0.15, 0.2) is 0 Å². The number of amides is 2. The zero-order valence-electron chi connectivity index (χ0n) is 15.6. The van der Waals surface area contributed by atoms with Crippen LogP contribution in [0.3, 0.4) is 0 Å². The second-order valence-corrected chi connectivity index (χ2v) is 7.24. The Hall–Kier alpha value is -3.33. The summed E-state index contributed by atoms with van der Waals surface area (Å²) < 4.78 is 15.2. The number of nitrogens with zero attached hydrogens (tertiary/aromatic N) is 1. The lowest BCUT2D eigenvalue weighted by atomic mass is 10.2. The first kappa shape index (κ1) is 20.4. The minimum Gasteiger partial charge on any atom is -0.462 e. The zero-order chi connectivity index (χ0) is 21.0. The number of thioether (sulfide) groups is 1. The standard InChI is InChI=1S/C20H17NO7S/c1-12(2)27-17(22)11-21-18(23)16(29-20(21)25)10-13-5-3-6-14(9-13)28-19(24)15-7-4-8-26-15/h3-10,12H,11H2,1-2H3/b16-10-. The molecule has 2 aromatic rings. The topological polar surface area (TPSA) is 103 Å². The maximum atomic E-state index is 12.5. The molecule has 150 valence electrons. The van der Waals surface area contributed by atoms with E-state index in [9.17, 15) is 19.2 Å². The molecule has 0 N–H and O–H groups in total. The van der Waals surface area contributed by atoms with Crippen LogP contribution in [-0.2, 0) is 14.3 Å². The summed E-state index contributed by atoms with van der Waals surface area (Å²) in [6.45, 7) is 2.91. The molecule has 1 aliphatic heterocycles. The number of benzene rings is 1. The molecule has 2 amide bonds. The lowest BCUT2D eigenvalue weighted by molar-refractivity contribution is -0.149. The predicted octanol–water partition coefficient (Wildman–Crippen LogP) is 3.49. The first-order valence-corrected chi connectivity index (χ1v) is 9.45. The predicted molar refractivity (Wildman–Crippen MR) is 104 cm³/mol. The molecule has 0 radical (unpaired) electrons. The van der Waals surface area contributed by atoms with Gasteiger partial charge >= 0.3 is 11.9 Å². The molecule has 1 aromatic carbocycles. The normalized spacial score (nSPS) is 15.3. The van der Waals surface area contributed by atoms with Crippen molar-refractivity contribution in [2.45, 2.75) is 20.0 Å². The van der Waals surface area contributed by atoms with Crippen LogP contribution < -0.4 is 4.74 Å². The van der Waals surface area contributed by atoms with Gasteiger partial charge in [-0.3, -0.25) is 19.3 Å². The number of hydrogen-bond donors (Lipinski definition) is 0. The summed E-state index contributed by atoms with van der Waals surface area (Å²) in [7, 11) is 0. The number of esters is 2. The maximum absolute atomic E-state index is 12.5. The summed E-state index contributed by atoms with van der Waals surface area (Å²) in [6.07, 6.45) is 2.51. The fourth-order valence-corrected chi connectivity index (χ4v) is 3.28. The van der Waals surface area contributed by atoms with Crippen LogP contribution in [-0.4, -0.2) is 40.6 Å². The van der Waals surface area contributed by atoms with E-state index in [-0.39, 0.29) is 22.5 Å². The van der Waals surface area contributed by atoms with Crippen molar-refractivity contribution in [2.24, 2.45) is 0 Å². The fraction of sp³-hybridized carbons (Fsp3) is 0.200. The van der Waals surface area contributed by atoms with Crippen molar-refractivity contribution >= 4 is 40.9 Å². The van der Waals surface area contributed by atoms with Crippen molar-refractivity contribution in [3.63, 3.8) is 0 Å². The van der Waals surface area contributed by atoms with E-state index in [1.807, 2.05) is 0 Å². The summed E-state index contributed by atoms with van der Waals surface area (Å²) in [4.78, 5) is 49.3. The van der Waals surface area contributed by atoms with Crippen LogP contribution in [0.25, 0.3) is 6.08 Å². The van der Waals surface area contributed by atoms with Gasteiger partial charge in [0, 0.05) is 0 Å². The third kappa shape index (κ3) is 5.14. The van der Waals surface area contributed by atoms with Crippen molar-refractivity contribution < 1.29 is 33.1 Å². The average Bonchev–Trinajstić information content (AvgIpc) is 3.27. The third-order valence-electron chi connectivity index (χ3n) is 3.62. The highest BCUT2D eigenvalue weighted by Gasteiger charge is 2.36. The van der Waals surface area contributed by atoms with Crippen LogP contribution in [0.15, 0.2) is 52.0 Å². The summed E-state index contributed by atoms with van der Waals surface area (Å²) in [6, 6.07) is 9.49. The Morgan fingerprint density at radius 3 is 2.69 bits per heavy atom. The molecule has 0 unspecified atom stereocenters. The van der Waals surface area contributed by atoms with Gasteiger partial charge in [-0.05, 0) is 61.5 Å². The van der Waals surface area contributed by atoms with Crippen LogP contribution >= 0.6 is 11.8 Å². The third-order valence-corrected chi connectivity index (χ3v) is 4.52. The van der Waals surface area contributed by atoms with Gasteiger partial charge in [-0.25, -0.2) is 4.79 Å². The van der Waals surface area contributed by atoms with Crippen molar-refractivity contribution in [1.82, 2.24) is 4.90 Å². The van der Waals surface area contributed by atoms with Gasteiger partial charge in [0.05, 0.1) is 17.3 Å². The van der Waals surface area contributed by atoms with Crippen molar-refractivity contribution in [3.05, 3.63) is 58.9 Å². The molecule has 0 spiro atoms. The Bertz CT molecular complexity index is 978.